The highest BCUT2D eigenvalue weighted by Crippen LogP contribution is 2.33. The number of fused-ring (bicyclic) bond motifs is 1. The van der Waals surface area contributed by atoms with E-state index in [4.69, 9.17) is 14.5 Å². The Labute approximate surface area is 134 Å². The monoisotopic (exact) mass is 316 g/mol. The standard InChI is InChI=1S/C16H18N3O2S/c1-4-22-16-18-12(10-15-17-7-8-19(15)16)11-5-6-13(20-2)14(9-11)21-3/h5-7,9-10H,4,8H2,1-3H3/q+1. The maximum atomic E-state index is 5.38. The van der Waals surface area contributed by atoms with Crippen molar-refractivity contribution in [3.8, 4) is 22.8 Å². The number of rotatable bonds is 5. The van der Waals surface area contributed by atoms with Gasteiger partial charge in [0.1, 0.15) is 12.8 Å². The zero-order chi connectivity index (χ0) is 15.5. The van der Waals surface area contributed by atoms with Gasteiger partial charge in [0.25, 0.3) is 11.0 Å². The maximum absolute atomic E-state index is 5.38. The average molecular weight is 316 g/mol. The Morgan fingerprint density at radius 3 is 2.73 bits per heavy atom. The van der Waals surface area contributed by atoms with Crippen molar-refractivity contribution in [1.29, 1.82) is 0 Å². The second-order valence-electron chi connectivity index (χ2n) is 4.71. The van der Waals surface area contributed by atoms with Crippen LogP contribution in [0.3, 0.4) is 0 Å². The third-order valence-corrected chi connectivity index (χ3v) is 4.29. The molecule has 0 unspecified atom stereocenters. The van der Waals surface area contributed by atoms with Crippen LogP contribution in [0, 0.1) is 0 Å². The molecular weight excluding hydrogens is 298 g/mol. The van der Waals surface area contributed by atoms with Crippen molar-refractivity contribution in [1.82, 2.24) is 4.98 Å². The molecule has 5 nitrogen and oxygen atoms in total. The summed E-state index contributed by atoms with van der Waals surface area (Å²) in [5, 5.41) is 0.988. The van der Waals surface area contributed by atoms with E-state index in [0.29, 0.717) is 11.5 Å². The number of methoxy groups -OCH3 is 2. The minimum Gasteiger partial charge on any atom is -0.493 e. The van der Waals surface area contributed by atoms with Crippen molar-refractivity contribution in [3.63, 3.8) is 0 Å². The van der Waals surface area contributed by atoms with Gasteiger partial charge in [0.05, 0.1) is 20.3 Å². The number of hydrogen-bond acceptors (Lipinski definition) is 5. The summed E-state index contributed by atoms with van der Waals surface area (Å²) in [6.07, 6.45) is 1.91. The smallest absolute Gasteiger partial charge is 0.299 e. The normalized spacial score (nSPS) is 12.3. The molecule has 0 radical (unpaired) electrons. The summed E-state index contributed by atoms with van der Waals surface area (Å²) in [5.74, 6) is 3.32. The second kappa shape index (κ2) is 6.36. The SMILES string of the molecule is CCSc1nc(-c2ccc(OC)c(OC)c2)cc2[n+]1CC=N2. The van der Waals surface area contributed by atoms with Crippen LogP contribution in [0.2, 0.25) is 0 Å². The van der Waals surface area contributed by atoms with Crippen LogP contribution in [-0.4, -0.2) is 31.2 Å². The van der Waals surface area contributed by atoms with E-state index >= 15 is 0 Å². The molecule has 0 bridgehead atoms. The van der Waals surface area contributed by atoms with Crippen LogP contribution in [0.5, 0.6) is 11.5 Å². The Balaban J connectivity index is 2.08. The van der Waals surface area contributed by atoms with E-state index in [1.54, 1.807) is 26.0 Å². The molecule has 1 aliphatic rings. The zero-order valence-corrected chi connectivity index (χ0v) is 13.7. The number of nitrogens with zero attached hydrogens (tertiary/aromatic N) is 3. The van der Waals surface area contributed by atoms with Crippen LogP contribution < -0.4 is 14.0 Å². The van der Waals surface area contributed by atoms with Crippen molar-refractivity contribution in [2.45, 2.75) is 18.6 Å². The first-order chi connectivity index (χ1) is 10.8. The summed E-state index contributed by atoms with van der Waals surface area (Å²) in [5.41, 5.74) is 1.88. The molecule has 0 spiro atoms. The van der Waals surface area contributed by atoms with Crippen LogP contribution in [0.1, 0.15) is 6.92 Å². The predicted octanol–water partition coefficient (Wildman–Crippen LogP) is 2.88. The van der Waals surface area contributed by atoms with Gasteiger partial charge in [-0.2, -0.15) is 0 Å². The average Bonchev–Trinajstić information content (AvgIpc) is 3.03. The summed E-state index contributed by atoms with van der Waals surface area (Å²) < 4.78 is 12.8. The van der Waals surface area contributed by atoms with Gasteiger partial charge in [-0.1, -0.05) is 23.7 Å². The highest BCUT2D eigenvalue weighted by atomic mass is 32.2. The molecule has 3 rings (SSSR count). The Morgan fingerprint density at radius 2 is 2.00 bits per heavy atom. The van der Waals surface area contributed by atoms with Crippen molar-refractivity contribution in [3.05, 3.63) is 24.3 Å². The maximum Gasteiger partial charge on any atom is 0.299 e. The molecule has 2 aromatic rings. The van der Waals surface area contributed by atoms with Gasteiger partial charge in [-0.25, -0.2) is 4.57 Å². The van der Waals surface area contributed by atoms with Gasteiger partial charge < -0.3 is 9.47 Å². The third kappa shape index (κ3) is 2.66. The highest BCUT2D eigenvalue weighted by molar-refractivity contribution is 7.99. The van der Waals surface area contributed by atoms with E-state index < -0.39 is 0 Å². The number of aromatic nitrogens is 2. The van der Waals surface area contributed by atoms with Gasteiger partial charge in [0, 0.05) is 11.3 Å². The van der Waals surface area contributed by atoms with E-state index in [-0.39, 0.29) is 0 Å². The van der Waals surface area contributed by atoms with Crippen LogP contribution in [0.25, 0.3) is 11.3 Å². The fourth-order valence-electron chi connectivity index (χ4n) is 2.37. The minimum atomic E-state index is 0.697. The molecule has 1 aromatic heterocycles. The molecule has 0 fully saturated rings. The predicted molar refractivity (Wildman–Crippen MR) is 87.5 cm³/mol. The van der Waals surface area contributed by atoms with Gasteiger partial charge in [0.2, 0.25) is 0 Å². The molecule has 114 valence electrons. The van der Waals surface area contributed by atoms with E-state index in [2.05, 4.69) is 16.5 Å². The Bertz CT molecular complexity index is 732. The molecule has 1 aromatic carbocycles. The molecular formula is C16H18N3O2S+. The minimum absolute atomic E-state index is 0.697. The van der Waals surface area contributed by atoms with Gasteiger partial charge in [-0.05, 0) is 18.2 Å². The van der Waals surface area contributed by atoms with Crippen molar-refractivity contribution >= 4 is 23.8 Å². The van der Waals surface area contributed by atoms with Crippen LogP contribution in [0.15, 0.2) is 34.4 Å². The Kier molecular flexibility index (Phi) is 4.29. The lowest BCUT2D eigenvalue weighted by molar-refractivity contribution is -0.705. The molecule has 0 saturated carbocycles. The second-order valence-corrected chi connectivity index (χ2v) is 5.94. The molecule has 0 atom stereocenters. The highest BCUT2D eigenvalue weighted by Gasteiger charge is 2.23. The first kappa shape index (κ1) is 14.8. The van der Waals surface area contributed by atoms with E-state index in [9.17, 15) is 0 Å². The molecule has 22 heavy (non-hydrogen) atoms. The molecule has 0 saturated heterocycles. The van der Waals surface area contributed by atoms with Gasteiger partial charge in [0.15, 0.2) is 17.2 Å². The lowest BCUT2D eigenvalue weighted by atomic mass is 10.1. The largest absolute Gasteiger partial charge is 0.493 e. The summed E-state index contributed by atoms with van der Waals surface area (Å²) in [6.45, 7) is 2.91. The van der Waals surface area contributed by atoms with E-state index in [1.807, 2.05) is 30.5 Å². The van der Waals surface area contributed by atoms with Gasteiger partial charge >= 0.3 is 0 Å². The summed E-state index contributed by atoms with van der Waals surface area (Å²) in [7, 11) is 3.27. The van der Waals surface area contributed by atoms with Gasteiger partial charge in [-0.3, -0.25) is 0 Å². The number of hydrogen-bond donors (Lipinski definition) is 0. The summed E-state index contributed by atoms with van der Waals surface area (Å²) in [6, 6.07) is 7.83. The molecule has 0 aliphatic carbocycles. The van der Waals surface area contributed by atoms with E-state index in [0.717, 1.165) is 34.5 Å². The van der Waals surface area contributed by atoms with Crippen molar-refractivity contribution < 1.29 is 14.0 Å². The Morgan fingerprint density at radius 1 is 1.18 bits per heavy atom. The third-order valence-electron chi connectivity index (χ3n) is 3.43. The van der Waals surface area contributed by atoms with Crippen LogP contribution >= 0.6 is 11.8 Å². The fourth-order valence-corrected chi connectivity index (χ4v) is 3.12. The number of aliphatic imine (C=N–C) groups is 1. The summed E-state index contributed by atoms with van der Waals surface area (Å²) in [4.78, 5) is 9.22. The lowest BCUT2D eigenvalue weighted by Gasteiger charge is -2.09. The van der Waals surface area contributed by atoms with Crippen LogP contribution in [-0.2, 0) is 6.54 Å². The fraction of sp³-hybridized carbons (Fsp3) is 0.312. The number of thioether (sulfide) groups is 1. The molecule has 2 heterocycles. The summed E-state index contributed by atoms with van der Waals surface area (Å²) >= 11 is 1.72. The Hall–Kier alpha value is -2.08. The zero-order valence-electron chi connectivity index (χ0n) is 12.9. The van der Waals surface area contributed by atoms with Gasteiger partial charge in [-0.15, -0.1) is 4.99 Å². The quantitative estimate of drug-likeness (QED) is 0.483. The van der Waals surface area contributed by atoms with Crippen molar-refractivity contribution in [2.24, 2.45) is 4.99 Å². The topological polar surface area (TPSA) is 47.6 Å². The first-order valence-corrected chi connectivity index (χ1v) is 8.08. The number of ether oxygens (including phenoxy) is 2. The van der Waals surface area contributed by atoms with Crippen molar-refractivity contribution in [2.75, 3.05) is 20.0 Å². The lowest BCUT2D eigenvalue weighted by Crippen LogP contribution is -2.35. The molecule has 1 aliphatic heterocycles. The molecule has 6 heteroatoms. The molecule has 0 amide bonds. The van der Waals surface area contributed by atoms with Crippen LogP contribution in [0.4, 0.5) is 5.82 Å². The number of benzene rings is 1. The van der Waals surface area contributed by atoms with E-state index in [1.165, 1.54) is 0 Å². The molecule has 0 N–H and O–H groups in total. The first-order valence-electron chi connectivity index (χ1n) is 7.09.